The summed E-state index contributed by atoms with van der Waals surface area (Å²) in [6.45, 7) is 4.94. The Morgan fingerprint density at radius 1 is 1.50 bits per heavy atom. The standard InChI is InChI=1S/C12H16FNOS/c1-2-7-16-8-6-14-9-10-4-3-5-11(13)12(10)15/h2-5,14-15H,1,6-9H2. The van der Waals surface area contributed by atoms with Gasteiger partial charge in [-0.25, -0.2) is 4.39 Å². The minimum atomic E-state index is -0.569. The lowest BCUT2D eigenvalue weighted by Crippen LogP contribution is -2.16. The first-order valence-corrected chi connectivity index (χ1v) is 6.27. The van der Waals surface area contributed by atoms with Gasteiger partial charge in [0, 0.05) is 30.2 Å². The van der Waals surface area contributed by atoms with Crippen LogP contribution < -0.4 is 5.32 Å². The van der Waals surface area contributed by atoms with E-state index in [0.29, 0.717) is 12.1 Å². The number of phenolic OH excluding ortho intramolecular Hbond substituents is 1. The van der Waals surface area contributed by atoms with Gasteiger partial charge in [-0.1, -0.05) is 18.2 Å². The van der Waals surface area contributed by atoms with E-state index >= 15 is 0 Å². The minimum absolute atomic E-state index is 0.256. The average Bonchev–Trinajstić information content (AvgIpc) is 2.29. The molecule has 1 aromatic carbocycles. The van der Waals surface area contributed by atoms with E-state index in [1.54, 1.807) is 23.9 Å². The van der Waals surface area contributed by atoms with Crippen molar-refractivity contribution in [2.24, 2.45) is 0 Å². The predicted molar refractivity (Wildman–Crippen MR) is 67.3 cm³/mol. The van der Waals surface area contributed by atoms with Crippen molar-refractivity contribution in [1.82, 2.24) is 5.32 Å². The molecule has 0 atom stereocenters. The van der Waals surface area contributed by atoms with E-state index in [-0.39, 0.29) is 5.75 Å². The van der Waals surface area contributed by atoms with E-state index in [1.165, 1.54) is 6.07 Å². The van der Waals surface area contributed by atoms with Crippen molar-refractivity contribution < 1.29 is 9.50 Å². The summed E-state index contributed by atoms with van der Waals surface area (Å²) in [7, 11) is 0. The van der Waals surface area contributed by atoms with Crippen LogP contribution in [-0.4, -0.2) is 23.2 Å². The first kappa shape index (κ1) is 13.1. The van der Waals surface area contributed by atoms with Gasteiger partial charge in [-0.15, -0.1) is 6.58 Å². The van der Waals surface area contributed by atoms with Crippen LogP contribution in [0.1, 0.15) is 5.56 Å². The van der Waals surface area contributed by atoms with Crippen LogP contribution in [0.25, 0.3) is 0 Å². The molecule has 0 heterocycles. The molecule has 0 unspecified atom stereocenters. The Labute approximate surface area is 99.6 Å². The van der Waals surface area contributed by atoms with Crippen molar-refractivity contribution in [2.45, 2.75) is 6.54 Å². The molecule has 88 valence electrons. The molecule has 16 heavy (non-hydrogen) atoms. The number of aromatic hydroxyl groups is 1. The summed E-state index contributed by atoms with van der Waals surface area (Å²) in [6, 6.07) is 4.56. The van der Waals surface area contributed by atoms with Gasteiger partial charge in [-0.2, -0.15) is 11.8 Å². The molecular weight excluding hydrogens is 225 g/mol. The van der Waals surface area contributed by atoms with Crippen molar-refractivity contribution in [3.05, 3.63) is 42.2 Å². The Bertz CT molecular complexity index is 344. The van der Waals surface area contributed by atoms with E-state index < -0.39 is 5.82 Å². The van der Waals surface area contributed by atoms with Crippen molar-refractivity contribution in [3.8, 4) is 5.75 Å². The zero-order valence-electron chi connectivity index (χ0n) is 9.08. The lowest BCUT2D eigenvalue weighted by atomic mass is 10.2. The number of hydrogen-bond acceptors (Lipinski definition) is 3. The second kappa shape index (κ2) is 7.30. The molecule has 2 nitrogen and oxygen atoms in total. The third-order valence-corrected chi connectivity index (χ3v) is 3.01. The molecule has 0 radical (unpaired) electrons. The fourth-order valence-corrected chi connectivity index (χ4v) is 1.86. The predicted octanol–water partition coefficient (Wildman–Crippen LogP) is 2.54. The molecule has 0 aromatic heterocycles. The molecule has 4 heteroatoms. The smallest absolute Gasteiger partial charge is 0.165 e. The summed E-state index contributed by atoms with van der Waals surface area (Å²) in [6.07, 6.45) is 1.86. The Morgan fingerprint density at radius 3 is 3.06 bits per heavy atom. The lowest BCUT2D eigenvalue weighted by molar-refractivity contribution is 0.423. The molecule has 0 saturated carbocycles. The Hall–Kier alpha value is -1.00. The van der Waals surface area contributed by atoms with E-state index in [2.05, 4.69) is 11.9 Å². The highest BCUT2D eigenvalue weighted by Crippen LogP contribution is 2.20. The molecule has 0 aliphatic rings. The van der Waals surface area contributed by atoms with Crippen LogP contribution in [-0.2, 0) is 6.54 Å². The number of thioether (sulfide) groups is 1. The van der Waals surface area contributed by atoms with Gasteiger partial charge in [0.25, 0.3) is 0 Å². The molecule has 0 fully saturated rings. The molecule has 1 aromatic rings. The number of halogens is 1. The molecule has 0 spiro atoms. The first-order valence-electron chi connectivity index (χ1n) is 5.11. The molecule has 2 N–H and O–H groups in total. The van der Waals surface area contributed by atoms with Gasteiger partial charge in [-0.3, -0.25) is 0 Å². The van der Waals surface area contributed by atoms with Gasteiger partial charge in [0.05, 0.1) is 0 Å². The number of nitrogens with one attached hydrogen (secondary N) is 1. The number of hydrogen-bond donors (Lipinski definition) is 2. The Morgan fingerprint density at radius 2 is 2.31 bits per heavy atom. The highest BCUT2D eigenvalue weighted by molar-refractivity contribution is 7.99. The first-order chi connectivity index (χ1) is 7.75. The summed E-state index contributed by atoms with van der Waals surface area (Å²) in [5, 5.41) is 12.6. The van der Waals surface area contributed by atoms with Crippen LogP contribution >= 0.6 is 11.8 Å². The second-order valence-corrected chi connectivity index (χ2v) is 4.44. The lowest BCUT2D eigenvalue weighted by Gasteiger charge is -2.06. The van der Waals surface area contributed by atoms with Gasteiger partial charge in [0.2, 0.25) is 0 Å². The molecule has 0 aliphatic heterocycles. The SMILES string of the molecule is C=CCSCCNCc1cccc(F)c1O. The monoisotopic (exact) mass is 241 g/mol. The molecular formula is C12H16FNOS. The number of phenols is 1. The maximum atomic E-state index is 13.0. The zero-order chi connectivity index (χ0) is 11.8. The third-order valence-electron chi connectivity index (χ3n) is 2.04. The minimum Gasteiger partial charge on any atom is -0.505 e. The van der Waals surface area contributed by atoms with Gasteiger partial charge in [0.1, 0.15) is 0 Å². The number of rotatable bonds is 7. The van der Waals surface area contributed by atoms with E-state index in [9.17, 15) is 9.50 Å². The van der Waals surface area contributed by atoms with Gasteiger partial charge in [-0.05, 0) is 6.07 Å². The Kier molecular flexibility index (Phi) is 5.96. The van der Waals surface area contributed by atoms with Gasteiger partial charge in [0.15, 0.2) is 11.6 Å². The van der Waals surface area contributed by atoms with Crippen LogP contribution in [0.2, 0.25) is 0 Å². The van der Waals surface area contributed by atoms with E-state index in [4.69, 9.17) is 0 Å². The molecule has 1 rings (SSSR count). The topological polar surface area (TPSA) is 32.3 Å². The second-order valence-electron chi connectivity index (χ2n) is 3.29. The third kappa shape index (κ3) is 4.24. The number of benzene rings is 1. The molecule has 0 aliphatic carbocycles. The Balaban J connectivity index is 2.26. The summed E-state index contributed by atoms with van der Waals surface area (Å²) in [5.41, 5.74) is 0.591. The molecule has 0 saturated heterocycles. The summed E-state index contributed by atoms with van der Waals surface area (Å²) < 4.78 is 13.0. The summed E-state index contributed by atoms with van der Waals surface area (Å²) in [5.74, 6) is 1.09. The highest BCUT2D eigenvalue weighted by Gasteiger charge is 2.04. The molecule has 0 amide bonds. The number of para-hydroxylation sites is 1. The summed E-state index contributed by atoms with van der Waals surface area (Å²) >= 11 is 1.78. The van der Waals surface area contributed by atoms with Crippen molar-refractivity contribution >= 4 is 11.8 Å². The maximum absolute atomic E-state index is 13.0. The van der Waals surface area contributed by atoms with Crippen LogP contribution in [0, 0.1) is 5.82 Å². The maximum Gasteiger partial charge on any atom is 0.165 e. The van der Waals surface area contributed by atoms with Gasteiger partial charge < -0.3 is 10.4 Å². The average molecular weight is 241 g/mol. The van der Waals surface area contributed by atoms with E-state index in [1.807, 2.05) is 6.08 Å². The van der Waals surface area contributed by atoms with Crippen LogP contribution in [0.5, 0.6) is 5.75 Å². The normalized spacial score (nSPS) is 10.3. The zero-order valence-corrected chi connectivity index (χ0v) is 9.89. The van der Waals surface area contributed by atoms with Crippen LogP contribution in [0.4, 0.5) is 4.39 Å². The van der Waals surface area contributed by atoms with Crippen molar-refractivity contribution in [3.63, 3.8) is 0 Å². The van der Waals surface area contributed by atoms with Crippen LogP contribution in [0.15, 0.2) is 30.9 Å². The highest BCUT2D eigenvalue weighted by atomic mass is 32.2. The van der Waals surface area contributed by atoms with E-state index in [0.717, 1.165) is 18.1 Å². The van der Waals surface area contributed by atoms with Crippen molar-refractivity contribution in [1.29, 1.82) is 0 Å². The summed E-state index contributed by atoms with van der Waals surface area (Å²) in [4.78, 5) is 0. The fourth-order valence-electron chi connectivity index (χ4n) is 1.24. The largest absolute Gasteiger partial charge is 0.505 e. The fraction of sp³-hybridized carbons (Fsp3) is 0.333. The van der Waals surface area contributed by atoms with Crippen molar-refractivity contribution in [2.75, 3.05) is 18.1 Å². The van der Waals surface area contributed by atoms with Crippen LogP contribution in [0.3, 0.4) is 0 Å². The molecule has 0 bridgehead atoms. The quantitative estimate of drug-likeness (QED) is 0.568. The van der Waals surface area contributed by atoms with Gasteiger partial charge >= 0.3 is 0 Å².